The zero-order valence-electron chi connectivity index (χ0n) is 12.8. The van der Waals surface area contributed by atoms with Gasteiger partial charge in [0.05, 0.1) is 0 Å². The average Bonchev–Trinajstić information content (AvgIpc) is 3.01. The van der Waals surface area contributed by atoms with Crippen molar-refractivity contribution in [2.24, 2.45) is 41.4 Å². The summed E-state index contributed by atoms with van der Waals surface area (Å²) in [5.41, 5.74) is 0. The summed E-state index contributed by atoms with van der Waals surface area (Å²) in [5, 5.41) is 0. The third-order valence-electron chi connectivity index (χ3n) is 7.49. The van der Waals surface area contributed by atoms with Crippen LogP contribution in [0.2, 0.25) is 0 Å². The van der Waals surface area contributed by atoms with Gasteiger partial charge in [-0.3, -0.25) is 0 Å². The molecule has 0 bridgehead atoms. The van der Waals surface area contributed by atoms with Crippen molar-refractivity contribution in [3.63, 3.8) is 0 Å². The summed E-state index contributed by atoms with van der Waals surface area (Å²) in [7, 11) is 0. The molecule has 0 saturated heterocycles. The van der Waals surface area contributed by atoms with Crippen LogP contribution in [0, 0.1) is 41.4 Å². The Morgan fingerprint density at radius 2 is 1.37 bits per heavy atom. The standard InChI is InChI=1S/C19H32/c1-13-10-16-12-15-8-5-9-17(15)19(18(16)11-13)14-6-3-2-4-7-14/h13-19H,2-12H2,1H3. The van der Waals surface area contributed by atoms with Crippen LogP contribution in [0.4, 0.5) is 0 Å². The van der Waals surface area contributed by atoms with E-state index in [-0.39, 0.29) is 0 Å². The topological polar surface area (TPSA) is 0 Å². The molecule has 0 aromatic heterocycles. The Bertz CT molecular complexity index is 314. The van der Waals surface area contributed by atoms with Crippen LogP contribution in [0.25, 0.3) is 0 Å². The van der Waals surface area contributed by atoms with Gasteiger partial charge in [-0.2, -0.15) is 0 Å². The Hall–Kier alpha value is 0. The Labute approximate surface area is 119 Å². The van der Waals surface area contributed by atoms with Gasteiger partial charge in [0.15, 0.2) is 0 Å². The molecule has 4 aliphatic rings. The van der Waals surface area contributed by atoms with Crippen LogP contribution in [-0.4, -0.2) is 0 Å². The minimum absolute atomic E-state index is 1.04. The van der Waals surface area contributed by atoms with Gasteiger partial charge in [0.2, 0.25) is 0 Å². The summed E-state index contributed by atoms with van der Waals surface area (Å²) in [5.74, 6) is 7.95. The van der Waals surface area contributed by atoms with E-state index in [1.54, 1.807) is 64.2 Å². The molecule has 0 heterocycles. The third-order valence-corrected chi connectivity index (χ3v) is 7.49. The highest BCUT2D eigenvalue weighted by Crippen LogP contribution is 2.59. The zero-order chi connectivity index (χ0) is 12.8. The van der Waals surface area contributed by atoms with Gasteiger partial charge < -0.3 is 0 Å². The summed E-state index contributed by atoms with van der Waals surface area (Å²) in [6.07, 6.45) is 17.4. The molecule has 0 spiro atoms. The molecule has 0 nitrogen and oxygen atoms in total. The minimum atomic E-state index is 1.04. The lowest BCUT2D eigenvalue weighted by molar-refractivity contribution is 0.0163. The second-order valence-electron chi connectivity index (χ2n) is 8.57. The first kappa shape index (κ1) is 12.7. The van der Waals surface area contributed by atoms with Gasteiger partial charge in [0.25, 0.3) is 0 Å². The molecule has 0 aromatic carbocycles. The summed E-state index contributed by atoms with van der Waals surface area (Å²) in [6.45, 7) is 2.53. The van der Waals surface area contributed by atoms with Crippen molar-refractivity contribution >= 4 is 0 Å². The van der Waals surface area contributed by atoms with Crippen molar-refractivity contribution in [1.82, 2.24) is 0 Å². The molecule has 4 fully saturated rings. The van der Waals surface area contributed by atoms with Crippen LogP contribution in [-0.2, 0) is 0 Å². The number of fused-ring (bicyclic) bond motifs is 2. The summed E-state index contributed by atoms with van der Waals surface area (Å²) in [4.78, 5) is 0. The van der Waals surface area contributed by atoms with Gasteiger partial charge in [-0.05, 0) is 67.1 Å². The molecule has 4 saturated carbocycles. The SMILES string of the molecule is CC1CC2CC3CCCC3C(C3CCCCC3)C2C1. The molecule has 6 unspecified atom stereocenters. The molecule has 0 radical (unpaired) electrons. The molecule has 4 rings (SSSR count). The van der Waals surface area contributed by atoms with Crippen molar-refractivity contribution in [3.8, 4) is 0 Å². The summed E-state index contributed by atoms with van der Waals surface area (Å²) < 4.78 is 0. The minimum Gasteiger partial charge on any atom is -0.0625 e. The fourth-order valence-corrected chi connectivity index (χ4v) is 6.98. The van der Waals surface area contributed by atoms with E-state index in [1.165, 1.54) is 6.42 Å². The van der Waals surface area contributed by atoms with Crippen LogP contribution in [0.1, 0.15) is 77.6 Å². The largest absolute Gasteiger partial charge is 0.0625 e. The first-order valence-electron chi connectivity index (χ1n) is 9.33. The molecule has 4 aliphatic carbocycles. The van der Waals surface area contributed by atoms with Crippen LogP contribution < -0.4 is 0 Å². The highest BCUT2D eigenvalue weighted by atomic mass is 14.6. The summed E-state index contributed by atoms with van der Waals surface area (Å²) >= 11 is 0. The van der Waals surface area contributed by atoms with Gasteiger partial charge in [-0.15, -0.1) is 0 Å². The van der Waals surface area contributed by atoms with E-state index < -0.39 is 0 Å². The smallest absolute Gasteiger partial charge is 0.0324 e. The third kappa shape index (κ3) is 2.18. The monoisotopic (exact) mass is 260 g/mol. The molecule has 0 heteroatoms. The molecular weight excluding hydrogens is 228 g/mol. The maximum atomic E-state index is 2.53. The molecule has 0 aliphatic heterocycles. The van der Waals surface area contributed by atoms with Crippen LogP contribution in [0.15, 0.2) is 0 Å². The quantitative estimate of drug-likeness (QED) is 0.570. The van der Waals surface area contributed by atoms with Gasteiger partial charge in [0, 0.05) is 0 Å². The van der Waals surface area contributed by atoms with E-state index in [0.29, 0.717) is 0 Å². The van der Waals surface area contributed by atoms with E-state index in [0.717, 1.165) is 41.4 Å². The molecule has 19 heavy (non-hydrogen) atoms. The van der Waals surface area contributed by atoms with Crippen LogP contribution >= 0.6 is 0 Å². The van der Waals surface area contributed by atoms with Gasteiger partial charge in [0.1, 0.15) is 0 Å². The molecular formula is C19H32. The highest BCUT2D eigenvalue weighted by molar-refractivity contribution is 5.00. The Morgan fingerprint density at radius 3 is 2.21 bits per heavy atom. The van der Waals surface area contributed by atoms with Crippen molar-refractivity contribution in [2.45, 2.75) is 77.6 Å². The molecule has 6 atom stereocenters. The molecule has 0 amide bonds. The first-order valence-corrected chi connectivity index (χ1v) is 9.33. The lowest BCUT2D eigenvalue weighted by Gasteiger charge is -2.47. The lowest BCUT2D eigenvalue weighted by Crippen LogP contribution is -2.40. The van der Waals surface area contributed by atoms with E-state index in [1.807, 2.05) is 0 Å². The number of rotatable bonds is 1. The predicted octanol–water partition coefficient (Wildman–Crippen LogP) is 5.67. The predicted molar refractivity (Wildman–Crippen MR) is 80.9 cm³/mol. The Balaban J connectivity index is 1.59. The lowest BCUT2D eigenvalue weighted by atomic mass is 9.58. The van der Waals surface area contributed by atoms with E-state index >= 15 is 0 Å². The Kier molecular flexibility index (Phi) is 3.40. The second kappa shape index (κ2) is 5.08. The summed E-state index contributed by atoms with van der Waals surface area (Å²) in [6, 6.07) is 0. The van der Waals surface area contributed by atoms with Crippen molar-refractivity contribution in [2.75, 3.05) is 0 Å². The van der Waals surface area contributed by atoms with E-state index in [2.05, 4.69) is 6.92 Å². The normalized spacial score (nSPS) is 51.0. The fourth-order valence-electron chi connectivity index (χ4n) is 6.98. The first-order chi connectivity index (χ1) is 9.33. The van der Waals surface area contributed by atoms with Crippen LogP contribution in [0.5, 0.6) is 0 Å². The Morgan fingerprint density at radius 1 is 0.579 bits per heavy atom. The molecule has 0 aromatic rings. The van der Waals surface area contributed by atoms with E-state index in [4.69, 9.17) is 0 Å². The zero-order valence-corrected chi connectivity index (χ0v) is 12.8. The fraction of sp³-hybridized carbons (Fsp3) is 1.00. The van der Waals surface area contributed by atoms with E-state index in [9.17, 15) is 0 Å². The molecule has 108 valence electrons. The van der Waals surface area contributed by atoms with Gasteiger partial charge in [-0.1, -0.05) is 51.9 Å². The van der Waals surface area contributed by atoms with Crippen molar-refractivity contribution in [3.05, 3.63) is 0 Å². The highest BCUT2D eigenvalue weighted by Gasteiger charge is 2.51. The molecule has 0 N–H and O–H groups in total. The van der Waals surface area contributed by atoms with Gasteiger partial charge in [-0.25, -0.2) is 0 Å². The number of hydrogen-bond donors (Lipinski definition) is 0. The van der Waals surface area contributed by atoms with Gasteiger partial charge >= 0.3 is 0 Å². The number of hydrogen-bond acceptors (Lipinski definition) is 0. The van der Waals surface area contributed by atoms with Crippen molar-refractivity contribution in [1.29, 1.82) is 0 Å². The second-order valence-corrected chi connectivity index (χ2v) is 8.57. The van der Waals surface area contributed by atoms with Crippen LogP contribution in [0.3, 0.4) is 0 Å². The maximum Gasteiger partial charge on any atom is -0.0324 e. The van der Waals surface area contributed by atoms with Crippen molar-refractivity contribution < 1.29 is 0 Å². The average molecular weight is 260 g/mol. The maximum absolute atomic E-state index is 2.53.